The zero-order chi connectivity index (χ0) is 18.4. The Balaban J connectivity index is 0.000000363. The van der Waals surface area contributed by atoms with E-state index in [1.54, 1.807) is 0 Å². The van der Waals surface area contributed by atoms with Crippen LogP contribution in [0.25, 0.3) is 0 Å². The van der Waals surface area contributed by atoms with Gasteiger partial charge in [0, 0.05) is 36.1 Å². The number of hydrogen-bond acceptors (Lipinski definition) is 2. The van der Waals surface area contributed by atoms with Crippen LogP contribution in [0.1, 0.15) is 37.8 Å². The van der Waals surface area contributed by atoms with E-state index in [1.807, 2.05) is 0 Å². The Kier molecular flexibility index (Phi) is 12.6. The molecule has 0 fully saturated rings. The highest BCUT2D eigenvalue weighted by Crippen LogP contribution is 1.90. The number of halogens is 1. The van der Waals surface area contributed by atoms with Crippen molar-refractivity contribution in [2.45, 2.75) is 53.6 Å². The lowest BCUT2D eigenvalue weighted by Gasteiger charge is -2.09. The molecule has 0 amide bonds. The molecule has 2 aromatic rings. The Morgan fingerprint density at radius 3 is 1.46 bits per heavy atom. The Labute approximate surface area is 145 Å². The Morgan fingerprint density at radius 1 is 0.875 bits per heavy atom. The third-order valence-corrected chi connectivity index (χ3v) is 2.98. The minimum Gasteiger partial charge on any atom is -0.867 e. The molecule has 2 aromatic heterocycles. The first-order chi connectivity index (χ1) is 11.4. The van der Waals surface area contributed by atoms with Gasteiger partial charge in [-0.2, -0.15) is 0 Å². The summed E-state index contributed by atoms with van der Waals surface area (Å²) in [6, 6.07) is 8.41. The van der Waals surface area contributed by atoms with Crippen LogP contribution in [0.4, 0.5) is 4.32 Å². The first-order valence-corrected chi connectivity index (χ1v) is 8.26. The normalized spacial score (nSPS) is 9.29. The van der Waals surface area contributed by atoms with Gasteiger partial charge >= 0.3 is 0 Å². The molecule has 0 aromatic carbocycles. The first-order valence-electron chi connectivity index (χ1n) is 8.26. The monoisotopic (exact) mass is 334 g/mol. The fourth-order valence-corrected chi connectivity index (χ4v) is 2.10. The minimum absolute atomic E-state index is 1.13. The number of rotatable bonds is 4. The summed E-state index contributed by atoms with van der Waals surface area (Å²) in [6.45, 7) is 10.9. The predicted octanol–water partition coefficient (Wildman–Crippen LogP) is 1.05. The quantitative estimate of drug-likeness (QED) is 0.620. The van der Waals surface area contributed by atoms with Crippen LogP contribution in [0.2, 0.25) is 0 Å². The van der Waals surface area contributed by atoms with Crippen molar-refractivity contribution in [3.63, 3.8) is 0 Å². The van der Waals surface area contributed by atoms with Gasteiger partial charge in [0.05, 0.1) is 0 Å². The SMILES string of the molecule is CCC[n+]1cccc(C)c1.CCC[n+]1cccc(C)c1.[O-]B([O-])F. The molecule has 0 unspecified atom stereocenters. The average Bonchev–Trinajstić information content (AvgIpc) is 2.48. The van der Waals surface area contributed by atoms with Crippen LogP contribution < -0.4 is 19.2 Å². The van der Waals surface area contributed by atoms with Gasteiger partial charge in [-0.05, 0) is 26.0 Å². The van der Waals surface area contributed by atoms with Crippen molar-refractivity contribution in [1.82, 2.24) is 0 Å². The third-order valence-electron chi connectivity index (χ3n) is 2.98. The van der Waals surface area contributed by atoms with Crippen molar-refractivity contribution in [3.05, 3.63) is 60.2 Å². The summed E-state index contributed by atoms with van der Waals surface area (Å²) in [5.41, 5.74) is 2.66. The van der Waals surface area contributed by atoms with Crippen molar-refractivity contribution in [2.24, 2.45) is 0 Å². The fraction of sp³-hybridized carbons (Fsp3) is 0.444. The lowest BCUT2D eigenvalue weighted by Crippen LogP contribution is -2.39. The van der Waals surface area contributed by atoms with E-state index in [0.29, 0.717) is 0 Å². The number of nitrogens with zero attached hydrogens (tertiary/aromatic N) is 2. The van der Waals surface area contributed by atoms with Crippen LogP contribution in [0.5, 0.6) is 0 Å². The van der Waals surface area contributed by atoms with E-state index in [2.05, 4.69) is 85.9 Å². The van der Waals surface area contributed by atoms with E-state index in [9.17, 15) is 4.32 Å². The molecule has 0 aliphatic carbocycles. The van der Waals surface area contributed by atoms with Crippen LogP contribution in [-0.2, 0) is 13.1 Å². The van der Waals surface area contributed by atoms with E-state index in [1.165, 1.54) is 24.0 Å². The van der Waals surface area contributed by atoms with E-state index < -0.39 is 7.40 Å². The Morgan fingerprint density at radius 2 is 1.21 bits per heavy atom. The smallest absolute Gasteiger partial charge is 0.171 e. The van der Waals surface area contributed by atoms with Gasteiger partial charge in [0.2, 0.25) is 0 Å². The Bertz CT molecular complexity index is 518. The summed E-state index contributed by atoms with van der Waals surface area (Å²) in [4.78, 5) is 0. The highest BCUT2D eigenvalue weighted by atomic mass is 19.1. The van der Waals surface area contributed by atoms with Crippen molar-refractivity contribution < 1.29 is 23.5 Å². The molecule has 0 spiro atoms. The van der Waals surface area contributed by atoms with Gasteiger partial charge in [0.25, 0.3) is 0 Å². The fourth-order valence-electron chi connectivity index (χ4n) is 2.10. The molecule has 0 N–H and O–H groups in total. The highest BCUT2D eigenvalue weighted by molar-refractivity contribution is 6.27. The van der Waals surface area contributed by atoms with E-state index >= 15 is 0 Å². The van der Waals surface area contributed by atoms with E-state index in [-0.39, 0.29) is 0 Å². The molecule has 0 aliphatic heterocycles. The van der Waals surface area contributed by atoms with Crippen LogP contribution in [0.15, 0.2) is 49.1 Å². The summed E-state index contributed by atoms with van der Waals surface area (Å²) in [7, 11) is -3.17. The van der Waals surface area contributed by atoms with Gasteiger partial charge in [-0.15, -0.1) is 0 Å². The van der Waals surface area contributed by atoms with Gasteiger partial charge < -0.3 is 14.4 Å². The second kappa shape index (κ2) is 13.6. The Hall–Kier alpha value is -1.79. The summed E-state index contributed by atoms with van der Waals surface area (Å²) in [5, 5.41) is 16.6. The molecular weight excluding hydrogens is 306 g/mol. The molecule has 0 saturated heterocycles. The van der Waals surface area contributed by atoms with E-state index in [0.717, 1.165) is 13.1 Å². The molecule has 24 heavy (non-hydrogen) atoms. The minimum atomic E-state index is -3.17. The molecule has 0 atom stereocenters. The lowest BCUT2D eigenvalue weighted by atomic mass is 10.3. The molecule has 6 heteroatoms. The standard InChI is InChI=1S/2C9H14N.BFO2/c2*1-3-6-10-7-4-5-9(2)8-10;2-1(3)4/h2*4-5,7-8H,3,6H2,1-2H3;/q2*+1;-2. The molecule has 4 nitrogen and oxygen atoms in total. The lowest BCUT2D eigenvalue weighted by molar-refractivity contribution is -0.697. The van der Waals surface area contributed by atoms with Crippen molar-refractivity contribution in [3.8, 4) is 0 Å². The predicted molar refractivity (Wildman–Crippen MR) is 90.2 cm³/mol. The molecule has 0 radical (unpaired) electrons. The van der Waals surface area contributed by atoms with Crippen molar-refractivity contribution in [2.75, 3.05) is 0 Å². The summed E-state index contributed by atoms with van der Waals surface area (Å²) < 4.78 is 14.3. The van der Waals surface area contributed by atoms with Gasteiger partial charge in [0.1, 0.15) is 20.5 Å². The van der Waals surface area contributed by atoms with Crippen LogP contribution in [0, 0.1) is 13.8 Å². The summed E-state index contributed by atoms with van der Waals surface area (Å²) >= 11 is 0. The molecule has 2 rings (SSSR count). The molecule has 0 aliphatic rings. The first kappa shape index (κ1) is 22.2. The van der Waals surface area contributed by atoms with E-state index in [4.69, 9.17) is 10.0 Å². The van der Waals surface area contributed by atoms with Crippen LogP contribution in [-0.4, -0.2) is 7.40 Å². The molecule has 0 bridgehead atoms. The van der Waals surface area contributed by atoms with Crippen molar-refractivity contribution >= 4 is 7.40 Å². The largest absolute Gasteiger partial charge is 0.867 e. The highest BCUT2D eigenvalue weighted by Gasteiger charge is 1.96. The zero-order valence-electron chi connectivity index (χ0n) is 15.1. The maximum absolute atomic E-state index is 9.89. The molecule has 0 saturated carbocycles. The summed E-state index contributed by atoms with van der Waals surface area (Å²) in [6.07, 6.45) is 11.0. The number of aromatic nitrogens is 2. The topological polar surface area (TPSA) is 53.9 Å². The molecule has 132 valence electrons. The zero-order valence-corrected chi connectivity index (χ0v) is 15.1. The number of pyridine rings is 2. The average molecular weight is 334 g/mol. The van der Waals surface area contributed by atoms with Crippen LogP contribution in [0.3, 0.4) is 0 Å². The maximum atomic E-state index is 9.89. The maximum Gasteiger partial charge on any atom is 0.171 e. The third kappa shape index (κ3) is 12.7. The number of aryl methyl sites for hydroxylation is 4. The molecule has 2 heterocycles. The molecular formula is C18H28BFN2O2. The second-order valence-corrected chi connectivity index (χ2v) is 5.51. The van der Waals surface area contributed by atoms with Gasteiger partial charge in [-0.1, -0.05) is 13.8 Å². The van der Waals surface area contributed by atoms with Gasteiger partial charge in [-0.3, -0.25) is 0 Å². The second-order valence-electron chi connectivity index (χ2n) is 5.51. The summed E-state index contributed by atoms with van der Waals surface area (Å²) in [5.74, 6) is 0. The van der Waals surface area contributed by atoms with Crippen molar-refractivity contribution in [1.29, 1.82) is 0 Å². The van der Waals surface area contributed by atoms with Crippen LogP contribution >= 0.6 is 0 Å². The number of hydrogen-bond donors (Lipinski definition) is 0. The van der Waals surface area contributed by atoms with Gasteiger partial charge in [0.15, 0.2) is 24.8 Å². The van der Waals surface area contributed by atoms with Gasteiger partial charge in [-0.25, -0.2) is 9.13 Å².